The Morgan fingerprint density at radius 2 is 1.93 bits per heavy atom. The predicted octanol–water partition coefficient (Wildman–Crippen LogP) is 4.34. The number of hydrogen-bond acceptors (Lipinski definition) is 1. The molecule has 0 aliphatic heterocycles. The van der Waals surface area contributed by atoms with Gasteiger partial charge >= 0.3 is 0 Å². The van der Waals surface area contributed by atoms with Crippen molar-refractivity contribution in [3.05, 3.63) is 34.9 Å². The van der Waals surface area contributed by atoms with E-state index in [1.807, 2.05) is 24.3 Å². The molecule has 0 aliphatic rings. The second-order valence-corrected chi connectivity index (χ2v) is 4.03. The van der Waals surface area contributed by atoms with Gasteiger partial charge in [-0.05, 0) is 18.1 Å². The zero-order valence-electron chi connectivity index (χ0n) is 9.08. The third-order valence-corrected chi connectivity index (χ3v) is 2.77. The Bertz CT molecular complexity index is 276. The largest absolute Gasteiger partial charge is 0.324 e. The molecule has 0 unspecified atom stereocenters. The Labute approximate surface area is 103 Å². The topological polar surface area (TPSA) is 26.0 Å². The number of nitrogens with two attached hydrogens (primary N) is 1. The maximum absolute atomic E-state index is 6.05. The molecular weight excluding hydrogens is 229 g/mol. The number of rotatable bonds is 5. The van der Waals surface area contributed by atoms with Crippen LogP contribution in [0.3, 0.4) is 0 Å². The molecule has 86 valence electrons. The summed E-state index contributed by atoms with van der Waals surface area (Å²) in [6.45, 7) is 2.20. The molecule has 1 aromatic rings. The molecule has 0 heterocycles. The summed E-state index contributed by atoms with van der Waals surface area (Å²) in [4.78, 5) is 0. The predicted molar refractivity (Wildman–Crippen MR) is 69.8 cm³/mol. The minimum atomic E-state index is 0. The van der Waals surface area contributed by atoms with Crippen LogP contribution < -0.4 is 5.73 Å². The van der Waals surface area contributed by atoms with E-state index >= 15 is 0 Å². The fourth-order valence-electron chi connectivity index (χ4n) is 1.55. The van der Waals surface area contributed by atoms with Crippen molar-refractivity contribution < 1.29 is 0 Å². The molecule has 0 spiro atoms. The zero-order chi connectivity index (χ0) is 10.4. The van der Waals surface area contributed by atoms with Gasteiger partial charge in [-0.25, -0.2) is 0 Å². The van der Waals surface area contributed by atoms with Crippen molar-refractivity contribution in [1.29, 1.82) is 0 Å². The minimum absolute atomic E-state index is 0. The highest BCUT2D eigenvalue weighted by molar-refractivity contribution is 6.31. The van der Waals surface area contributed by atoms with Gasteiger partial charge in [0.1, 0.15) is 0 Å². The van der Waals surface area contributed by atoms with E-state index < -0.39 is 0 Å². The van der Waals surface area contributed by atoms with Gasteiger partial charge in [-0.15, -0.1) is 12.4 Å². The third kappa shape index (κ3) is 4.87. The summed E-state index contributed by atoms with van der Waals surface area (Å²) in [5, 5.41) is 0.788. The molecular formula is C12H19Cl2N. The molecule has 0 aliphatic carbocycles. The lowest BCUT2D eigenvalue weighted by atomic mass is 10.0. The van der Waals surface area contributed by atoms with Crippen LogP contribution >= 0.6 is 24.0 Å². The molecule has 0 saturated heterocycles. The van der Waals surface area contributed by atoms with E-state index in [1.54, 1.807) is 0 Å². The van der Waals surface area contributed by atoms with E-state index in [-0.39, 0.29) is 18.4 Å². The summed E-state index contributed by atoms with van der Waals surface area (Å²) < 4.78 is 0. The molecule has 0 aromatic heterocycles. The first kappa shape index (κ1) is 14.8. The van der Waals surface area contributed by atoms with Gasteiger partial charge in [0.05, 0.1) is 0 Å². The lowest BCUT2D eigenvalue weighted by Gasteiger charge is -2.12. The van der Waals surface area contributed by atoms with Gasteiger partial charge in [0.2, 0.25) is 0 Å². The van der Waals surface area contributed by atoms with Crippen molar-refractivity contribution in [1.82, 2.24) is 0 Å². The summed E-state index contributed by atoms with van der Waals surface area (Å²) in [7, 11) is 0. The zero-order valence-corrected chi connectivity index (χ0v) is 10.7. The molecule has 0 fully saturated rings. The standard InChI is InChI=1S/C12H18ClN.ClH/c1-2-3-4-9-12(14)10-7-5-6-8-11(10)13;/h5-8,12H,2-4,9,14H2,1H3;1H/t12-;/m1./s1. The Morgan fingerprint density at radius 3 is 2.53 bits per heavy atom. The maximum Gasteiger partial charge on any atom is 0.0453 e. The molecule has 0 bridgehead atoms. The minimum Gasteiger partial charge on any atom is -0.324 e. The van der Waals surface area contributed by atoms with Gasteiger partial charge in [-0.2, -0.15) is 0 Å². The third-order valence-electron chi connectivity index (χ3n) is 2.42. The molecule has 0 saturated carbocycles. The van der Waals surface area contributed by atoms with Gasteiger partial charge in [0, 0.05) is 11.1 Å². The van der Waals surface area contributed by atoms with Crippen LogP contribution in [-0.2, 0) is 0 Å². The number of hydrogen-bond donors (Lipinski definition) is 1. The van der Waals surface area contributed by atoms with Gasteiger partial charge in [0.15, 0.2) is 0 Å². The van der Waals surface area contributed by atoms with E-state index in [1.165, 1.54) is 19.3 Å². The van der Waals surface area contributed by atoms with E-state index in [0.29, 0.717) is 0 Å². The monoisotopic (exact) mass is 247 g/mol. The highest BCUT2D eigenvalue weighted by Gasteiger charge is 2.08. The van der Waals surface area contributed by atoms with Crippen molar-refractivity contribution in [2.24, 2.45) is 5.73 Å². The molecule has 0 radical (unpaired) electrons. The van der Waals surface area contributed by atoms with Crippen LogP contribution in [0.5, 0.6) is 0 Å². The fourth-order valence-corrected chi connectivity index (χ4v) is 1.82. The van der Waals surface area contributed by atoms with Crippen molar-refractivity contribution in [3.63, 3.8) is 0 Å². The first-order valence-electron chi connectivity index (χ1n) is 5.25. The van der Waals surface area contributed by atoms with Crippen molar-refractivity contribution >= 4 is 24.0 Å². The highest BCUT2D eigenvalue weighted by atomic mass is 35.5. The van der Waals surface area contributed by atoms with Crippen molar-refractivity contribution in [2.45, 2.75) is 38.6 Å². The van der Waals surface area contributed by atoms with E-state index in [9.17, 15) is 0 Å². The summed E-state index contributed by atoms with van der Waals surface area (Å²) in [5.74, 6) is 0. The van der Waals surface area contributed by atoms with Crippen LogP contribution in [0.25, 0.3) is 0 Å². The normalized spacial score (nSPS) is 11.9. The van der Waals surface area contributed by atoms with Gasteiger partial charge in [-0.3, -0.25) is 0 Å². The van der Waals surface area contributed by atoms with E-state index in [0.717, 1.165) is 17.0 Å². The molecule has 3 heteroatoms. The quantitative estimate of drug-likeness (QED) is 0.770. The van der Waals surface area contributed by atoms with Gasteiger partial charge in [0.25, 0.3) is 0 Å². The lowest BCUT2D eigenvalue weighted by Crippen LogP contribution is -2.10. The summed E-state index contributed by atoms with van der Waals surface area (Å²) in [6, 6.07) is 7.93. The molecule has 1 nitrogen and oxygen atoms in total. The number of benzene rings is 1. The van der Waals surface area contributed by atoms with E-state index in [2.05, 4.69) is 6.92 Å². The molecule has 2 N–H and O–H groups in total. The summed E-state index contributed by atoms with van der Waals surface area (Å²) in [6.07, 6.45) is 4.69. The van der Waals surface area contributed by atoms with Gasteiger partial charge in [-0.1, -0.05) is 56.0 Å². The second-order valence-electron chi connectivity index (χ2n) is 3.62. The van der Waals surface area contributed by atoms with Crippen LogP contribution in [0.15, 0.2) is 24.3 Å². The fraction of sp³-hybridized carbons (Fsp3) is 0.500. The first-order chi connectivity index (χ1) is 6.75. The highest BCUT2D eigenvalue weighted by Crippen LogP contribution is 2.24. The Balaban J connectivity index is 0.00000196. The van der Waals surface area contributed by atoms with Crippen molar-refractivity contribution in [3.8, 4) is 0 Å². The summed E-state index contributed by atoms with van der Waals surface area (Å²) >= 11 is 6.05. The van der Waals surface area contributed by atoms with Crippen LogP contribution in [0, 0.1) is 0 Å². The molecule has 1 atom stereocenters. The van der Waals surface area contributed by atoms with Crippen LogP contribution in [-0.4, -0.2) is 0 Å². The van der Waals surface area contributed by atoms with E-state index in [4.69, 9.17) is 17.3 Å². The lowest BCUT2D eigenvalue weighted by molar-refractivity contribution is 0.581. The smallest absolute Gasteiger partial charge is 0.0453 e. The average Bonchev–Trinajstić information content (AvgIpc) is 2.18. The molecule has 1 rings (SSSR count). The number of halogens is 2. The van der Waals surface area contributed by atoms with Crippen LogP contribution in [0.4, 0.5) is 0 Å². The Morgan fingerprint density at radius 1 is 1.27 bits per heavy atom. The maximum atomic E-state index is 6.05. The van der Waals surface area contributed by atoms with Gasteiger partial charge < -0.3 is 5.73 Å². The Kier molecular flexibility index (Phi) is 7.85. The first-order valence-corrected chi connectivity index (χ1v) is 5.63. The van der Waals surface area contributed by atoms with Crippen LogP contribution in [0.1, 0.15) is 44.2 Å². The number of unbranched alkanes of at least 4 members (excludes halogenated alkanes) is 2. The van der Waals surface area contributed by atoms with Crippen LogP contribution in [0.2, 0.25) is 5.02 Å². The summed E-state index contributed by atoms with van der Waals surface area (Å²) in [5.41, 5.74) is 7.13. The molecule has 0 amide bonds. The molecule has 15 heavy (non-hydrogen) atoms. The second kappa shape index (κ2) is 7.98. The van der Waals surface area contributed by atoms with Crippen molar-refractivity contribution in [2.75, 3.05) is 0 Å². The SMILES string of the molecule is CCCCC[C@@H](N)c1ccccc1Cl.Cl. The molecule has 1 aromatic carbocycles. The Hall–Kier alpha value is -0.240. The average molecular weight is 248 g/mol.